The topological polar surface area (TPSA) is 65.0 Å². The molecule has 0 fully saturated rings. The quantitative estimate of drug-likeness (QED) is 0.872. The highest BCUT2D eigenvalue weighted by Gasteiger charge is 2.14. The molecule has 1 unspecified atom stereocenters. The zero-order valence-corrected chi connectivity index (χ0v) is 12.0. The number of carboxylic acids is 1. The van der Waals surface area contributed by atoms with Crippen LogP contribution in [0, 0.1) is 0 Å². The van der Waals surface area contributed by atoms with E-state index in [1.807, 2.05) is 0 Å². The van der Waals surface area contributed by atoms with Gasteiger partial charge >= 0.3 is 5.97 Å². The number of benzene rings is 1. The summed E-state index contributed by atoms with van der Waals surface area (Å²) in [4.78, 5) is 10.7. The number of halogens is 1. The van der Waals surface area contributed by atoms with E-state index >= 15 is 0 Å². The molecular weight excluding hydrogens is 304 g/mol. The molecule has 0 radical (unpaired) electrons. The van der Waals surface area contributed by atoms with Gasteiger partial charge in [-0.2, -0.15) is 0 Å². The van der Waals surface area contributed by atoms with E-state index in [4.69, 9.17) is 19.3 Å². The highest BCUT2D eigenvalue weighted by Crippen LogP contribution is 2.33. The van der Waals surface area contributed by atoms with Gasteiger partial charge in [-0.1, -0.05) is 0 Å². The summed E-state index contributed by atoms with van der Waals surface area (Å²) in [5.74, 6) is 0.246. The number of carbonyl (C=O) groups is 1. The molecule has 1 aromatic rings. The second-order valence-electron chi connectivity index (χ2n) is 3.59. The Bertz CT molecular complexity index is 433. The standard InChI is InChI=1S/C12H15BrO5/c1-7(12(14)15)18-6-8-4-11(17-3)9(13)5-10(8)16-2/h4-5,7H,6H2,1-3H3,(H,14,15). The van der Waals surface area contributed by atoms with Crippen molar-refractivity contribution in [2.75, 3.05) is 14.2 Å². The van der Waals surface area contributed by atoms with Crippen LogP contribution in [-0.4, -0.2) is 31.4 Å². The molecule has 1 rings (SSSR count). The Morgan fingerprint density at radius 2 is 1.94 bits per heavy atom. The van der Waals surface area contributed by atoms with Crippen LogP contribution in [0.2, 0.25) is 0 Å². The van der Waals surface area contributed by atoms with E-state index in [1.54, 1.807) is 26.4 Å². The van der Waals surface area contributed by atoms with Crippen LogP contribution >= 0.6 is 15.9 Å². The Balaban J connectivity index is 2.89. The summed E-state index contributed by atoms with van der Waals surface area (Å²) in [6.45, 7) is 1.62. The minimum atomic E-state index is -1.00. The third kappa shape index (κ3) is 3.61. The van der Waals surface area contributed by atoms with Crippen LogP contribution in [0.15, 0.2) is 16.6 Å². The molecule has 0 aliphatic carbocycles. The molecule has 1 N–H and O–H groups in total. The Morgan fingerprint density at radius 1 is 1.33 bits per heavy atom. The smallest absolute Gasteiger partial charge is 0.332 e. The molecule has 18 heavy (non-hydrogen) atoms. The van der Waals surface area contributed by atoms with Crippen molar-refractivity contribution in [2.45, 2.75) is 19.6 Å². The fourth-order valence-electron chi connectivity index (χ4n) is 1.32. The van der Waals surface area contributed by atoms with E-state index in [2.05, 4.69) is 15.9 Å². The van der Waals surface area contributed by atoms with Gasteiger partial charge in [-0.3, -0.25) is 0 Å². The Morgan fingerprint density at radius 3 is 2.44 bits per heavy atom. The van der Waals surface area contributed by atoms with Crippen LogP contribution in [0.4, 0.5) is 0 Å². The number of methoxy groups -OCH3 is 2. The molecular formula is C12H15BrO5. The van der Waals surface area contributed by atoms with Crippen molar-refractivity contribution in [3.63, 3.8) is 0 Å². The van der Waals surface area contributed by atoms with Gasteiger partial charge in [-0.05, 0) is 35.0 Å². The first-order valence-corrected chi connectivity index (χ1v) is 6.03. The molecule has 0 aliphatic rings. The van der Waals surface area contributed by atoms with Gasteiger partial charge in [0.2, 0.25) is 0 Å². The van der Waals surface area contributed by atoms with Gasteiger partial charge in [-0.25, -0.2) is 4.79 Å². The summed E-state index contributed by atoms with van der Waals surface area (Å²) in [6, 6.07) is 3.50. The van der Waals surface area contributed by atoms with Gasteiger partial charge in [0.25, 0.3) is 0 Å². The maximum atomic E-state index is 10.7. The second-order valence-corrected chi connectivity index (χ2v) is 4.44. The number of rotatable bonds is 6. The van der Waals surface area contributed by atoms with Gasteiger partial charge < -0.3 is 19.3 Å². The summed E-state index contributed by atoms with van der Waals surface area (Å²) in [6.07, 6.45) is -0.871. The molecule has 0 bridgehead atoms. The molecule has 1 aromatic carbocycles. The van der Waals surface area contributed by atoms with Crippen molar-refractivity contribution >= 4 is 21.9 Å². The summed E-state index contributed by atoms with van der Waals surface area (Å²) < 4.78 is 16.4. The molecule has 0 amide bonds. The fraction of sp³-hybridized carbons (Fsp3) is 0.417. The van der Waals surface area contributed by atoms with Crippen molar-refractivity contribution in [1.82, 2.24) is 0 Å². The lowest BCUT2D eigenvalue weighted by Crippen LogP contribution is -2.19. The lowest BCUT2D eigenvalue weighted by atomic mass is 10.2. The average Bonchev–Trinajstić information content (AvgIpc) is 2.36. The largest absolute Gasteiger partial charge is 0.496 e. The Hall–Kier alpha value is -1.27. The fourth-order valence-corrected chi connectivity index (χ4v) is 1.81. The van der Waals surface area contributed by atoms with Gasteiger partial charge in [0.1, 0.15) is 11.5 Å². The van der Waals surface area contributed by atoms with Crippen LogP contribution in [0.5, 0.6) is 11.5 Å². The maximum absolute atomic E-state index is 10.7. The summed E-state index contributed by atoms with van der Waals surface area (Å²) >= 11 is 3.35. The Kier molecular flexibility index (Phi) is 5.43. The first kappa shape index (κ1) is 14.8. The van der Waals surface area contributed by atoms with Crippen LogP contribution in [0.25, 0.3) is 0 Å². The van der Waals surface area contributed by atoms with Crippen LogP contribution in [0.3, 0.4) is 0 Å². The van der Waals surface area contributed by atoms with Gasteiger partial charge in [0.15, 0.2) is 6.10 Å². The maximum Gasteiger partial charge on any atom is 0.332 e. The van der Waals surface area contributed by atoms with Crippen molar-refractivity contribution in [2.24, 2.45) is 0 Å². The number of aliphatic carboxylic acids is 1. The monoisotopic (exact) mass is 318 g/mol. The average molecular weight is 319 g/mol. The molecule has 0 heterocycles. The number of carboxylic acid groups (broad SMARTS) is 1. The normalized spacial score (nSPS) is 12.0. The highest BCUT2D eigenvalue weighted by molar-refractivity contribution is 9.10. The van der Waals surface area contributed by atoms with Crippen molar-refractivity contribution in [1.29, 1.82) is 0 Å². The van der Waals surface area contributed by atoms with Gasteiger partial charge in [-0.15, -0.1) is 0 Å². The first-order valence-electron chi connectivity index (χ1n) is 5.24. The first-order chi connectivity index (χ1) is 8.49. The van der Waals surface area contributed by atoms with Crippen molar-refractivity contribution in [3.05, 3.63) is 22.2 Å². The number of hydrogen-bond donors (Lipinski definition) is 1. The summed E-state index contributed by atoms with van der Waals surface area (Å²) in [5, 5.41) is 8.74. The lowest BCUT2D eigenvalue weighted by molar-refractivity contribution is -0.149. The van der Waals surface area contributed by atoms with Gasteiger partial charge in [0, 0.05) is 5.56 Å². The van der Waals surface area contributed by atoms with Crippen LogP contribution in [-0.2, 0) is 16.1 Å². The van der Waals surface area contributed by atoms with E-state index in [0.29, 0.717) is 11.5 Å². The molecule has 0 saturated carbocycles. The predicted molar refractivity (Wildman–Crippen MR) is 69.1 cm³/mol. The summed E-state index contributed by atoms with van der Waals surface area (Å²) in [7, 11) is 3.09. The molecule has 0 spiro atoms. The minimum Gasteiger partial charge on any atom is -0.496 e. The third-order valence-corrected chi connectivity index (χ3v) is 3.01. The molecule has 5 nitrogen and oxygen atoms in total. The molecule has 1 atom stereocenters. The lowest BCUT2D eigenvalue weighted by Gasteiger charge is -2.14. The molecule has 0 aromatic heterocycles. The molecule has 100 valence electrons. The number of ether oxygens (including phenoxy) is 3. The summed E-state index contributed by atoms with van der Waals surface area (Å²) in [5.41, 5.74) is 0.727. The zero-order valence-electron chi connectivity index (χ0n) is 10.4. The number of hydrogen-bond acceptors (Lipinski definition) is 4. The van der Waals surface area contributed by atoms with E-state index in [-0.39, 0.29) is 6.61 Å². The van der Waals surface area contributed by atoms with Crippen LogP contribution in [0.1, 0.15) is 12.5 Å². The highest BCUT2D eigenvalue weighted by atomic mass is 79.9. The minimum absolute atomic E-state index is 0.139. The van der Waals surface area contributed by atoms with E-state index in [9.17, 15) is 4.79 Å². The zero-order chi connectivity index (χ0) is 13.7. The van der Waals surface area contributed by atoms with Crippen molar-refractivity contribution < 1.29 is 24.1 Å². The third-order valence-electron chi connectivity index (χ3n) is 2.39. The van der Waals surface area contributed by atoms with Crippen LogP contribution < -0.4 is 9.47 Å². The second kappa shape index (κ2) is 6.61. The molecule has 6 heteroatoms. The van der Waals surface area contributed by atoms with E-state index in [1.165, 1.54) is 6.92 Å². The predicted octanol–water partition coefficient (Wildman–Crippen LogP) is 2.46. The Labute approximate surface area is 114 Å². The van der Waals surface area contributed by atoms with Gasteiger partial charge in [0.05, 0.1) is 25.3 Å². The van der Waals surface area contributed by atoms with Crippen molar-refractivity contribution in [3.8, 4) is 11.5 Å². The van der Waals surface area contributed by atoms with E-state index < -0.39 is 12.1 Å². The van der Waals surface area contributed by atoms with E-state index in [0.717, 1.165) is 10.0 Å². The SMILES string of the molecule is COc1cc(COC(C)C(=O)O)c(OC)cc1Br. The molecule has 0 aliphatic heterocycles. The molecule has 0 saturated heterocycles.